The van der Waals surface area contributed by atoms with Crippen molar-refractivity contribution in [2.75, 3.05) is 26.8 Å². The first-order valence-corrected chi connectivity index (χ1v) is 6.65. The third kappa shape index (κ3) is 3.72. The van der Waals surface area contributed by atoms with Crippen LogP contribution in [0.4, 0.5) is 0 Å². The van der Waals surface area contributed by atoms with Gasteiger partial charge < -0.3 is 10.5 Å². The second kappa shape index (κ2) is 7.25. The Morgan fingerprint density at radius 1 is 1.31 bits per heavy atom. The standard InChI is InChI=1S/C13H28N2O/c1-11(2)15(8-9-16-3)13-7-5-4-6-12(13)10-14/h11-13H,4-10,14H2,1-3H3. The summed E-state index contributed by atoms with van der Waals surface area (Å²) in [5.41, 5.74) is 5.90. The number of methoxy groups -OCH3 is 1. The third-order valence-electron chi connectivity index (χ3n) is 3.81. The molecule has 0 heterocycles. The van der Waals surface area contributed by atoms with Gasteiger partial charge in [0.15, 0.2) is 0 Å². The van der Waals surface area contributed by atoms with Crippen molar-refractivity contribution in [2.24, 2.45) is 11.7 Å². The Hall–Kier alpha value is -0.120. The highest BCUT2D eigenvalue weighted by Gasteiger charge is 2.30. The van der Waals surface area contributed by atoms with Gasteiger partial charge in [0.25, 0.3) is 0 Å². The Morgan fingerprint density at radius 2 is 2.00 bits per heavy atom. The van der Waals surface area contributed by atoms with E-state index in [4.69, 9.17) is 10.5 Å². The van der Waals surface area contributed by atoms with E-state index in [9.17, 15) is 0 Å². The summed E-state index contributed by atoms with van der Waals surface area (Å²) in [7, 11) is 1.78. The van der Waals surface area contributed by atoms with E-state index < -0.39 is 0 Å². The second-order valence-electron chi connectivity index (χ2n) is 5.17. The van der Waals surface area contributed by atoms with Crippen molar-refractivity contribution in [3.63, 3.8) is 0 Å². The molecule has 2 unspecified atom stereocenters. The highest BCUT2D eigenvalue weighted by atomic mass is 16.5. The quantitative estimate of drug-likeness (QED) is 0.754. The highest BCUT2D eigenvalue weighted by molar-refractivity contribution is 4.85. The van der Waals surface area contributed by atoms with Gasteiger partial charge in [0, 0.05) is 25.7 Å². The maximum atomic E-state index is 5.90. The lowest BCUT2D eigenvalue weighted by atomic mass is 9.83. The Kier molecular flexibility index (Phi) is 6.32. The van der Waals surface area contributed by atoms with Crippen LogP contribution >= 0.6 is 0 Å². The zero-order valence-electron chi connectivity index (χ0n) is 11.1. The van der Waals surface area contributed by atoms with E-state index >= 15 is 0 Å². The van der Waals surface area contributed by atoms with Gasteiger partial charge in [-0.25, -0.2) is 0 Å². The van der Waals surface area contributed by atoms with E-state index in [0.717, 1.165) is 19.7 Å². The minimum absolute atomic E-state index is 0.590. The van der Waals surface area contributed by atoms with E-state index in [1.807, 2.05) is 0 Å². The number of ether oxygens (including phenoxy) is 1. The van der Waals surface area contributed by atoms with Gasteiger partial charge in [-0.05, 0) is 39.2 Å². The molecule has 1 rings (SSSR count). The van der Waals surface area contributed by atoms with Gasteiger partial charge in [-0.2, -0.15) is 0 Å². The fourth-order valence-corrected chi connectivity index (χ4v) is 2.90. The van der Waals surface area contributed by atoms with Crippen LogP contribution in [-0.4, -0.2) is 43.8 Å². The van der Waals surface area contributed by atoms with E-state index in [1.165, 1.54) is 25.7 Å². The van der Waals surface area contributed by atoms with E-state index in [0.29, 0.717) is 18.0 Å². The molecule has 0 spiro atoms. The monoisotopic (exact) mass is 228 g/mol. The molecular formula is C13H28N2O. The summed E-state index contributed by atoms with van der Waals surface area (Å²) in [5, 5.41) is 0. The van der Waals surface area contributed by atoms with E-state index in [-0.39, 0.29) is 0 Å². The Morgan fingerprint density at radius 3 is 2.56 bits per heavy atom. The van der Waals surface area contributed by atoms with Gasteiger partial charge in [-0.15, -0.1) is 0 Å². The van der Waals surface area contributed by atoms with Crippen LogP contribution in [0.15, 0.2) is 0 Å². The predicted molar refractivity (Wildman–Crippen MR) is 68.5 cm³/mol. The van der Waals surface area contributed by atoms with Gasteiger partial charge in [0.2, 0.25) is 0 Å². The van der Waals surface area contributed by atoms with Crippen LogP contribution < -0.4 is 5.73 Å². The van der Waals surface area contributed by atoms with Gasteiger partial charge >= 0.3 is 0 Å². The molecular weight excluding hydrogens is 200 g/mol. The molecule has 2 N–H and O–H groups in total. The number of hydrogen-bond donors (Lipinski definition) is 1. The van der Waals surface area contributed by atoms with Crippen LogP contribution in [0.1, 0.15) is 39.5 Å². The zero-order chi connectivity index (χ0) is 12.0. The largest absolute Gasteiger partial charge is 0.383 e. The predicted octanol–water partition coefficient (Wildman–Crippen LogP) is 1.86. The average Bonchev–Trinajstić information content (AvgIpc) is 2.29. The summed E-state index contributed by atoms with van der Waals surface area (Å²) < 4.78 is 5.21. The third-order valence-corrected chi connectivity index (χ3v) is 3.81. The molecule has 96 valence electrons. The van der Waals surface area contributed by atoms with Gasteiger partial charge in [0.05, 0.1) is 6.61 Å². The normalized spacial score (nSPS) is 26.6. The minimum atomic E-state index is 0.590. The van der Waals surface area contributed by atoms with Crippen molar-refractivity contribution in [3.05, 3.63) is 0 Å². The lowest BCUT2D eigenvalue weighted by Crippen LogP contribution is -2.49. The van der Waals surface area contributed by atoms with Crippen LogP contribution in [0.5, 0.6) is 0 Å². The molecule has 3 heteroatoms. The maximum absolute atomic E-state index is 5.90. The highest BCUT2D eigenvalue weighted by Crippen LogP contribution is 2.28. The first-order valence-electron chi connectivity index (χ1n) is 6.65. The van der Waals surface area contributed by atoms with Gasteiger partial charge in [-0.1, -0.05) is 12.8 Å². The molecule has 0 radical (unpaired) electrons. The molecule has 0 amide bonds. The molecule has 1 saturated carbocycles. The summed E-state index contributed by atoms with van der Waals surface area (Å²) in [6.07, 6.45) is 5.33. The smallest absolute Gasteiger partial charge is 0.0589 e. The minimum Gasteiger partial charge on any atom is -0.383 e. The molecule has 3 nitrogen and oxygen atoms in total. The maximum Gasteiger partial charge on any atom is 0.0589 e. The first-order chi connectivity index (χ1) is 7.70. The van der Waals surface area contributed by atoms with Gasteiger partial charge in [-0.3, -0.25) is 4.90 Å². The van der Waals surface area contributed by atoms with Crippen LogP contribution in [0.3, 0.4) is 0 Å². The SMILES string of the molecule is COCCN(C(C)C)C1CCCCC1CN. The zero-order valence-corrected chi connectivity index (χ0v) is 11.1. The Labute approximate surface area is 100 Å². The molecule has 0 aromatic rings. The molecule has 2 atom stereocenters. The van der Waals surface area contributed by atoms with Crippen LogP contribution in [0, 0.1) is 5.92 Å². The summed E-state index contributed by atoms with van der Waals surface area (Å²) in [6, 6.07) is 1.26. The lowest BCUT2D eigenvalue weighted by molar-refractivity contribution is 0.0507. The fourth-order valence-electron chi connectivity index (χ4n) is 2.90. The van der Waals surface area contributed by atoms with Crippen molar-refractivity contribution in [1.29, 1.82) is 0 Å². The molecule has 0 aromatic carbocycles. The molecule has 0 bridgehead atoms. The van der Waals surface area contributed by atoms with Crippen molar-refractivity contribution in [2.45, 2.75) is 51.6 Å². The number of nitrogens with zero attached hydrogens (tertiary/aromatic N) is 1. The number of hydrogen-bond acceptors (Lipinski definition) is 3. The Balaban J connectivity index is 2.58. The molecule has 0 aromatic heterocycles. The molecule has 0 aliphatic heterocycles. The Bertz CT molecular complexity index is 185. The molecule has 16 heavy (non-hydrogen) atoms. The fraction of sp³-hybridized carbons (Fsp3) is 1.00. The van der Waals surface area contributed by atoms with Crippen molar-refractivity contribution in [1.82, 2.24) is 4.90 Å². The van der Waals surface area contributed by atoms with E-state index in [2.05, 4.69) is 18.7 Å². The first kappa shape index (κ1) is 13.9. The van der Waals surface area contributed by atoms with Crippen LogP contribution in [0.25, 0.3) is 0 Å². The summed E-state index contributed by atoms with van der Waals surface area (Å²) in [6.45, 7) is 7.25. The molecule has 0 saturated heterocycles. The van der Waals surface area contributed by atoms with Crippen molar-refractivity contribution >= 4 is 0 Å². The second-order valence-corrected chi connectivity index (χ2v) is 5.17. The van der Waals surface area contributed by atoms with Crippen molar-refractivity contribution < 1.29 is 4.74 Å². The molecule has 1 aliphatic carbocycles. The number of nitrogens with two attached hydrogens (primary N) is 1. The molecule has 1 aliphatic rings. The van der Waals surface area contributed by atoms with Crippen LogP contribution in [-0.2, 0) is 4.74 Å². The summed E-state index contributed by atoms with van der Waals surface area (Å²) in [4.78, 5) is 2.58. The average molecular weight is 228 g/mol. The van der Waals surface area contributed by atoms with Crippen LogP contribution in [0.2, 0.25) is 0 Å². The van der Waals surface area contributed by atoms with E-state index in [1.54, 1.807) is 7.11 Å². The van der Waals surface area contributed by atoms with Crippen molar-refractivity contribution in [3.8, 4) is 0 Å². The lowest BCUT2D eigenvalue weighted by Gasteiger charge is -2.42. The summed E-state index contributed by atoms with van der Waals surface area (Å²) >= 11 is 0. The molecule has 1 fully saturated rings. The summed E-state index contributed by atoms with van der Waals surface area (Å²) in [5.74, 6) is 0.688. The van der Waals surface area contributed by atoms with Gasteiger partial charge in [0.1, 0.15) is 0 Å². The number of rotatable bonds is 6. The topological polar surface area (TPSA) is 38.5 Å².